The second-order valence-corrected chi connectivity index (χ2v) is 4.32. The Bertz CT molecular complexity index is 734. The van der Waals surface area contributed by atoms with Crippen LogP contribution in [0.5, 0.6) is 0 Å². The first kappa shape index (κ1) is 12.6. The molecule has 0 radical (unpaired) electrons. The maximum atomic E-state index is 13.0. The number of nitrogens with one attached hydrogen (secondary N) is 1. The molecule has 0 fully saturated rings. The number of hydrogen-bond donors (Lipinski definition) is 1. The lowest BCUT2D eigenvalue weighted by molar-refractivity contribution is 0.625. The number of hydrogen-bond acceptors (Lipinski definition) is 2. The van der Waals surface area contributed by atoms with E-state index < -0.39 is 17.1 Å². The van der Waals surface area contributed by atoms with Gasteiger partial charge in [-0.2, -0.15) is 0 Å². The summed E-state index contributed by atoms with van der Waals surface area (Å²) in [5.74, 6) is -0.425. The van der Waals surface area contributed by atoms with E-state index in [1.165, 1.54) is 25.1 Å². The highest BCUT2D eigenvalue weighted by Gasteiger charge is 2.12. The molecule has 0 amide bonds. The van der Waals surface area contributed by atoms with E-state index in [0.29, 0.717) is 11.3 Å². The Hall–Kier alpha value is -1.88. The van der Waals surface area contributed by atoms with Gasteiger partial charge in [0.15, 0.2) is 0 Å². The third-order valence-corrected chi connectivity index (χ3v) is 3.05. The minimum atomic E-state index is -0.648. The van der Waals surface area contributed by atoms with Crippen molar-refractivity contribution in [2.75, 3.05) is 0 Å². The van der Waals surface area contributed by atoms with Crippen molar-refractivity contribution in [3.05, 3.63) is 61.1 Å². The Morgan fingerprint density at radius 2 is 1.94 bits per heavy atom. The molecule has 0 saturated heterocycles. The van der Waals surface area contributed by atoms with Crippen molar-refractivity contribution in [3.8, 4) is 5.69 Å². The van der Waals surface area contributed by atoms with E-state index in [-0.39, 0.29) is 10.7 Å². The van der Waals surface area contributed by atoms with Crippen LogP contribution in [0.25, 0.3) is 5.69 Å². The zero-order valence-corrected chi connectivity index (χ0v) is 10.5. The first-order chi connectivity index (χ1) is 8.41. The molecule has 2 aromatic rings. The fourth-order valence-electron chi connectivity index (χ4n) is 1.69. The number of benzene rings is 1. The number of aromatic amines is 1. The summed E-state index contributed by atoms with van der Waals surface area (Å²) < 4.78 is 14.0. The lowest BCUT2D eigenvalue weighted by atomic mass is 10.2. The number of halogens is 2. The van der Waals surface area contributed by atoms with Crippen LogP contribution < -0.4 is 11.2 Å². The van der Waals surface area contributed by atoms with Crippen LogP contribution in [0, 0.1) is 19.7 Å². The zero-order valence-electron chi connectivity index (χ0n) is 9.75. The van der Waals surface area contributed by atoms with Crippen LogP contribution in [0.1, 0.15) is 11.1 Å². The number of nitrogens with zero attached hydrogens (tertiary/aromatic N) is 1. The Labute approximate surface area is 107 Å². The molecular formula is C12H10ClFN2O2. The molecule has 1 aromatic carbocycles. The summed E-state index contributed by atoms with van der Waals surface area (Å²) in [5.41, 5.74) is -0.101. The summed E-state index contributed by atoms with van der Waals surface area (Å²) in [6, 6.07) is 3.83. The second-order valence-electron chi connectivity index (χ2n) is 3.94. The van der Waals surface area contributed by atoms with Crippen molar-refractivity contribution in [2.45, 2.75) is 13.8 Å². The molecule has 0 bridgehead atoms. The molecule has 0 atom stereocenters. The van der Waals surface area contributed by atoms with E-state index >= 15 is 0 Å². The van der Waals surface area contributed by atoms with Gasteiger partial charge < -0.3 is 0 Å². The molecule has 94 valence electrons. The van der Waals surface area contributed by atoms with Gasteiger partial charge in [0.05, 0.1) is 11.3 Å². The molecule has 0 aliphatic rings. The van der Waals surface area contributed by atoms with Crippen LogP contribution in [0.3, 0.4) is 0 Å². The first-order valence-electron chi connectivity index (χ1n) is 5.20. The summed E-state index contributed by atoms with van der Waals surface area (Å²) in [6.45, 7) is 3.13. The average molecular weight is 269 g/mol. The standard InChI is InChI=1S/C12H10ClFN2O2/c1-6-5-8(14)3-4-9(6)16-11(17)7(2)10(13)15-12(16)18/h3-5H,1-2H3,(H,15,18). The van der Waals surface area contributed by atoms with Crippen molar-refractivity contribution in [1.29, 1.82) is 0 Å². The molecule has 0 unspecified atom stereocenters. The molecule has 0 saturated carbocycles. The molecule has 0 spiro atoms. The minimum absolute atomic E-state index is 0.0148. The van der Waals surface area contributed by atoms with Gasteiger partial charge in [-0.05, 0) is 37.6 Å². The molecule has 2 rings (SSSR count). The minimum Gasteiger partial charge on any atom is -0.297 e. The third kappa shape index (κ3) is 1.97. The van der Waals surface area contributed by atoms with Crippen LogP contribution in [-0.2, 0) is 0 Å². The summed E-state index contributed by atoms with van der Waals surface area (Å²) in [7, 11) is 0. The first-order valence-corrected chi connectivity index (χ1v) is 5.57. The van der Waals surface area contributed by atoms with Crippen molar-refractivity contribution in [2.24, 2.45) is 0 Å². The second kappa shape index (κ2) is 4.42. The van der Waals surface area contributed by atoms with E-state index in [0.717, 1.165) is 4.57 Å². The van der Waals surface area contributed by atoms with E-state index in [2.05, 4.69) is 4.98 Å². The maximum absolute atomic E-state index is 13.0. The van der Waals surface area contributed by atoms with Crippen LogP contribution >= 0.6 is 11.6 Å². The highest BCUT2D eigenvalue weighted by Crippen LogP contribution is 2.13. The van der Waals surface area contributed by atoms with Gasteiger partial charge in [0.1, 0.15) is 11.0 Å². The molecule has 18 heavy (non-hydrogen) atoms. The van der Waals surface area contributed by atoms with Gasteiger partial charge in [-0.25, -0.2) is 13.8 Å². The van der Waals surface area contributed by atoms with Gasteiger partial charge in [-0.15, -0.1) is 0 Å². The monoisotopic (exact) mass is 268 g/mol. The summed E-state index contributed by atoms with van der Waals surface area (Å²) in [4.78, 5) is 26.2. The Kier molecular flexibility index (Phi) is 3.09. The predicted octanol–water partition coefficient (Wildman–Crippen LogP) is 1.94. The average Bonchev–Trinajstić information content (AvgIpc) is 2.29. The summed E-state index contributed by atoms with van der Waals surface area (Å²) in [6.07, 6.45) is 0. The molecular weight excluding hydrogens is 259 g/mol. The predicted molar refractivity (Wildman–Crippen MR) is 67.1 cm³/mol. The van der Waals surface area contributed by atoms with Crippen molar-refractivity contribution in [3.63, 3.8) is 0 Å². The highest BCUT2D eigenvalue weighted by molar-refractivity contribution is 6.30. The lowest BCUT2D eigenvalue weighted by Gasteiger charge is -2.09. The number of H-pyrrole nitrogens is 1. The highest BCUT2D eigenvalue weighted by atomic mass is 35.5. The van der Waals surface area contributed by atoms with Gasteiger partial charge in [0.25, 0.3) is 5.56 Å². The Morgan fingerprint density at radius 1 is 1.28 bits per heavy atom. The van der Waals surface area contributed by atoms with E-state index in [1.54, 1.807) is 6.92 Å². The van der Waals surface area contributed by atoms with E-state index in [4.69, 9.17) is 11.6 Å². The molecule has 6 heteroatoms. The lowest BCUT2D eigenvalue weighted by Crippen LogP contribution is -2.35. The fraction of sp³-hybridized carbons (Fsp3) is 0.167. The quantitative estimate of drug-likeness (QED) is 0.804. The summed E-state index contributed by atoms with van der Waals surface area (Å²) >= 11 is 5.71. The fourth-order valence-corrected chi connectivity index (χ4v) is 1.85. The van der Waals surface area contributed by atoms with Crippen molar-refractivity contribution < 1.29 is 4.39 Å². The number of aryl methyl sites for hydroxylation is 1. The van der Waals surface area contributed by atoms with Gasteiger partial charge in [-0.1, -0.05) is 11.6 Å². The molecule has 0 aliphatic heterocycles. The van der Waals surface area contributed by atoms with E-state index in [9.17, 15) is 14.0 Å². The smallest absolute Gasteiger partial charge is 0.297 e. The number of aromatic nitrogens is 2. The van der Waals surface area contributed by atoms with Crippen molar-refractivity contribution >= 4 is 11.6 Å². The maximum Gasteiger partial charge on any atom is 0.334 e. The Balaban J connectivity index is 2.84. The van der Waals surface area contributed by atoms with Gasteiger partial charge in [0.2, 0.25) is 0 Å². The van der Waals surface area contributed by atoms with Crippen LogP contribution in [-0.4, -0.2) is 9.55 Å². The summed E-state index contributed by atoms with van der Waals surface area (Å²) in [5, 5.41) is 0.0148. The number of rotatable bonds is 1. The molecule has 1 heterocycles. The normalized spacial score (nSPS) is 10.7. The van der Waals surface area contributed by atoms with Crippen LogP contribution in [0.4, 0.5) is 4.39 Å². The van der Waals surface area contributed by atoms with Crippen molar-refractivity contribution in [1.82, 2.24) is 9.55 Å². The largest absolute Gasteiger partial charge is 0.334 e. The third-order valence-electron chi connectivity index (χ3n) is 2.67. The molecule has 4 nitrogen and oxygen atoms in total. The van der Waals surface area contributed by atoms with Gasteiger partial charge in [-0.3, -0.25) is 9.78 Å². The Morgan fingerprint density at radius 3 is 2.56 bits per heavy atom. The molecule has 1 N–H and O–H groups in total. The topological polar surface area (TPSA) is 54.9 Å². The van der Waals surface area contributed by atoms with E-state index in [1.807, 2.05) is 0 Å². The van der Waals surface area contributed by atoms with Gasteiger partial charge in [0, 0.05) is 0 Å². The SMILES string of the molecule is Cc1cc(F)ccc1-n1c(=O)[nH]c(Cl)c(C)c1=O. The van der Waals surface area contributed by atoms with Crippen LogP contribution in [0.15, 0.2) is 27.8 Å². The van der Waals surface area contributed by atoms with Crippen LogP contribution in [0.2, 0.25) is 5.15 Å². The van der Waals surface area contributed by atoms with Gasteiger partial charge >= 0.3 is 5.69 Å². The zero-order chi connectivity index (χ0) is 13.4. The molecule has 1 aromatic heterocycles. The molecule has 0 aliphatic carbocycles.